The maximum atomic E-state index is 12.6. The monoisotopic (exact) mass is 477 g/mol. The van der Waals surface area contributed by atoms with Crippen LogP contribution in [-0.4, -0.2) is 34.2 Å². The lowest BCUT2D eigenvalue weighted by Crippen LogP contribution is -2.15. The molecule has 0 aliphatic carbocycles. The number of thioether (sulfide) groups is 1. The lowest BCUT2D eigenvalue weighted by atomic mass is 10.2. The minimum atomic E-state index is -0.385. The van der Waals surface area contributed by atoms with Crippen molar-refractivity contribution in [2.75, 3.05) is 17.7 Å². The van der Waals surface area contributed by atoms with E-state index in [1.54, 1.807) is 35.6 Å². The SMILES string of the molecule is CCCCOC(=O)c1cccc(NC(=O)CSc2ncnc3sc(-c4ccccc4)cc23)c1. The van der Waals surface area contributed by atoms with Crippen LogP contribution in [0, 0.1) is 0 Å². The number of rotatable bonds is 9. The van der Waals surface area contributed by atoms with E-state index in [1.165, 1.54) is 18.1 Å². The highest BCUT2D eigenvalue weighted by Crippen LogP contribution is 2.36. The topological polar surface area (TPSA) is 81.2 Å². The Kier molecular flexibility index (Phi) is 7.70. The number of hydrogen-bond acceptors (Lipinski definition) is 7. The largest absolute Gasteiger partial charge is 0.462 e. The summed E-state index contributed by atoms with van der Waals surface area (Å²) in [5.74, 6) is -0.376. The van der Waals surface area contributed by atoms with Crippen molar-refractivity contribution in [1.29, 1.82) is 0 Å². The van der Waals surface area contributed by atoms with Gasteiger partial charge in [0.1, 0.15) is 16.2 Å². The standard InChI is InChI=1S/C25H23N3O3S2/c1-2-3-12-31-25(30)18-10-7-11-19(13-18)28-22(29)15-32-23-20-14-21(17-8-5-4-6-9-17)33-24(20)27-16-26-23/h4-11,13-14,16H,2-3,12,15H2,1H3,(H,28,29). The summed E-state index contributed by atoms with van der Waals surface area (Å²) in [5, 5.41) is 4.55. The Bertz CT molecular complexity index is 1260. The van der Waals surface area contributed by atoms with Gasteiger partial charge in [0.25, 0.3) is 0 Å². The summed E-state index contributed by atoms with van der Waals surface area (Å²) in [7, 11) is 0. The Balaban J connectivity index is 1.40. The van der Waals surface area contributed by atoms with Crippen molar-refractivity contribution < 1.29 is 14.3 Å². The minimum Gasteiger partial charge on any atom is -0.462 e. The van der Waals surface area contributed by atoms with Crippen LogP contribution < -0.4 is 5.32 Å². The molecule has 0 spiro atoms. The molecule has 4 aromatic rings. The predicted octanol–water partition coefficient (Wildman–Crippen LogP) is 6.05. The van der Waals surface area contributed by atoms with Crippen LogP contribution in [0.2, 0.25) is 0 Å². The molecule has 0 saturated heterocycles. The normalized spacial score (nSPS) is 10.8. The molecule has 0 radical (unpaired) electrons. The maximum absolute atomic E-state index is 12.6. The number of hydrogen-bond donors (Lipinski definition) is 1. The molecule has 1 N–H and O–H groups in total. The number of carbonyl (C=O) groups excluding carboxylic acids is 2. The number of unbranched alkanes of at least 4 members (excludes halogenated alkanes) is 1. The number of carbonyl (C=O) groups is 2. The molecule has 2 aromatic heterocycles. The van der Waals surface area contributed by atoms with Gasteiger partial charge < -0.3 is 10.1 Å². The highest BCUT2D eigenvalue weighted by Gasteiger charge is 2.13. The van der Waals surface area contributed by atoms with Crippen molar-refractivity contribution in [3.8, 4) is 10.4 Å². The first kappa shape index (κ1) is 22.9. The summed E-state index contributed by atoms with van der Waals surface area (Å²) in [5.41, 5.74) is 2.10. The Morgan fingerprint density at radius 1 is 1.06 bits per heavy atom. The average Bonchev–Trinajstić information content (AvgIpc) is 3.29. The van der Waals surface area contributed by atoms with Crippen LogP contribution in [0.4, 0.5) is 5.69 Å². The van der Waals surface area contributed by atoms with E-state index in [1.807, 2.05) is 25.1 Å². The smallest absolute Gasteiger partial charge is 0.338 e. The number of fused-ring (bicyclic) bond motifs is 1. The summed E-state index contributed by atoms with van der Waals surface area (Å²) in [6, 6.07) is 19.0. The first-order valence-electron chi connectivity index (χ1n) is 10.6. The number of benzene rings is 2. The Morgan fingerprint density at radius 3 is 2.73 bits per heavy atom. The molecule has 0 aliphatic heterocycles. The zero-order valence-electron chi connectivity index (χ0n) is 18.1. The van der Waals surface area contributed by atoms with Crippen molar-refractivity contribution in [1.82, 2.24) is 9.97 Å². The van der Waals surface area contributed by atoms with Gasteiger partial charge in [-0.25, -0.2) is 14.8 Å². The highest BCUT2D eigenvalue weighted by molar-refractivity contribution is 8.00. The molecular weight excluding hydrogens is 454 g/mol. The fourth-order valence-corrected chi connectivity index (χ4v) is 4.98. The van der Waals surface area contributed by atoms with Gasteiger partial charge in [0, 0.05) is 16.0 Å². The molecule has 4 rings (SSSR count). The molecule has 2 heterocycles. The van der Waals surface area contributed by atoms with Crippen LogP contribution in [-0.2, 0) is 9.53 Å². The van der Waals surface area contributed by atoms with Crippen LogP contribution in [0.3, 0.4) is 0 Å². The molecule has 1 amide bonds. The van der Waals surface area contributed by atoms with E-state index >= 15 is 0 Å². The molecular formula is C25H23N3O3S2. The van der Waals surface area contributed by atoms with Crippen molar-refractivity contribution in [2.24, 2.45) is 0 Å². The van der Waals surface area contributed by atoms with Gasteiger partial charge in [-0.3, -0.25) is 4.79 Å². The third-order valence-electron chi connectivity index (χ3n) is 4.80. The molecule has 168 valence electrons. The van der Waals surface area contributed by atoms with E-state index in [9.17, 15) is 9.59 Å². The van der Waals surface area contributed by atoms with Crippen molar-refractivity contribution >= 4 is 50.9 Å². The van der Waals surface area contributed by atoms with Gasteiger partial charge in [-0.15, -0.1) is 11.3 Å². The van der Waals surface area contributed by atoms with E-state index in [2.05, 4.69) is 33.5 Å². The van der Waals surface area contributed by atoms with Crippen molar-refractivity contribution in [2.45, 2.75) is 24.8 Å². The van der Waals surface area contributed by atoms with E-state index in [-0.39, 0.29) is 17.6 Å². The van der Waals surface area contributed by atoms with Crippen LogP contribution >= 0.6 is 23.1 Å². The van der Waals surface area contributed by atoms with Crippen LogP contribution in [0.5, 0.6) is 0 Å². The first-order valence-corrected chi connectivity index (χ1v) is 12.4. The zero-order valence-corrected chi connectivity index (χ0v) is 19.7. The minimum absolute atomic E-state index is 0.179. The molecule has 33 heavy (non-hydrogen) atoms. The average molecular weight is 478 g/mol. The number of anilines is 1. The van der Waals surface area contributed by atoms with Gasteiger partial charge >= 0.3 is 5.97 Å². The fraction of sp³-hybridized carbons (Fsp3) is 0.200. The van der Waals surface area contributed by atoms with E-state index in [4.69, 9.17) is 4.74 Å². The first-order chi connectivity index (χ1) is 16.1. The molecule has 0 fully saturated rings. The highest BCUT2D eigenvalue weighted by atomic mass is 32.2. The second-order valence-corrected chi connectivity index (χ2v) is 9.28. The van der Waals surface area contributed by atoms with Crippen molar-refractivity contribution in [3.63, 3.8) is 0 Å². The van der Waals surface area contributed by atoms with Gasteiger partial charge in [0.05, 0.1) is 17.9 Å². The maximum Gasteiger partial charge on any atom is 0.338 e. The summed E-state index contributed by atoms with van der Waals surface area (Å²) < 4.78 is 5.24. The number of nitrogens with zero attached hydrogens (tertiary/aromatic N) is 2. The fourth-order valence-electron chi connectivity index (χ4n) is 3.14. The summed E-state index contributed by atoms with van der Waals surface area (Å²) in [6.07, 6.45) is 3.31. The predicted molar refractivity (Wildman–Crippen MR) is 134 cm³/mol. The Labute approximate surface area is 200 Å². The summed E-state index contributed by atoms with van der Waals surface area (Å²) in [6.45, 7) is 2.43. The number of thiophene rings is 1. The summed E-state index contributed by atoms with van der Waals surface area (Å²) in [4.78, 5) is 35.5. The number of aromatic nitrogens is 2. The third-order valence-corrected chi connectivity index (χ3v) is 6.90. The van der Waals surface area contributed by atoms with E-state index in [0.717, 1.165) is 38.5 Å². The lowest BCUT2D eigenvalue weighted by Gasteiger charge is -2.08. The van der Waals surface area contributed by atoms with Gasteiger partial charge in [-0.05, 0) is 36.2 Å². The quantitative estimate of drug-likeness (QED) is 0.137. The van der Waals surface area contributed by atoms with Crippen LogP contribution in [0.1, 0.15) is 30.1 Å². The molecule has 0 atom stereocenters. The summed E-state index contributed by atoms with van der Waals surface area (Å²) >= 11 is 2.97. The van der Waals surface area contributed by atoms with Crippen LogP contribution in [0.25, 0.3) is 20.7 Å². The van der Waals surface area contributed by atoms with Gasteiger partial charge in [0.2, 0.25) is 5.91 Å². The van der Waals surface area contributed by atoms with Gasteiger partial charge in [0.15, 0.2) is 0 Å². The Morgan fingerprint density at radius 2 is 1.91 bits per heavy atom. The molecule has 0 saturated carbocycles. The Hall–Kier alpha value is -3.23. The third kappa shape index (κ3) is 5.97. The second kappa shape index (κ2) is 11.1. The number of amides is 1. The van der Waals surface area contributed by atoms with Crippen molar-refractivity contribution in [3.05, 3.63) is 72.6 Å². The molecule has 6 nitrogen and oxygen atoms in total. The molecule has 0 bridgehead atoms. The molecule has 0 unspecified atom stereocenters. The zero-order chi connectivity index (χ0) is 23.0. The lowest BCUT2D eigenvalue weighted by molar-refractivity contribution is -0.113. The molecule has 0 aliphatic rings. The number of nitrogens with one attached hydrogen (secondary N) is 1. The second-order valence-electron chi connectivity index (χ2n) is 7.28. The van der Waals surface area contributed by atoms with E-state index in [0.29, 0.717) is 17.9 Å². The van der Waals surface area contributed by atoms with Gasteiger partial charge in [-0.2, -0.15) is 0 Å². The van der Waals surface area contributed by atoms with E-state index < -0.39 is 0 Å². The number of esters is 1. The molecule has 2 aromatic carbocycles. The molecule has 8 heteroatoms. The number of ether oxygens (including phenoxy) is 1. The van der Waals surface area contributed by atoms with Crippen LogP contribution in [0.15, 0.2) is 72.0 Å². The van der Waals surface area contributed by atoms with Gasteiger partial charge in [-0.1, -0.05) is 61.5 Å².